The molecule has 1 aromatic heterocycles. The van der Waals surface area contributed by atoms with E-state index < -0.39 is 0 Å². The maximum atomic E-state index is 11.5. The van der Waals surface area contributed by atoms with Crippen LogP contribution >= 0.6 is 11.3 Å². The van der Waals surface area contributed by atoms with Gasteiger partial charge in [0, 0.05) is 17.6 Å². The first kappa shape index (κ1) is 11.3. The van der Waals surface area contributed by atoms with Crippen molar-refractivity contribution in [3.05, 3.63) is 11.1 Å². The van der Waals surface area contributed by atoms with E-state index in [1.165, 1.54) is 18.4 Å². The third-order valence-electron chi connectivity index (χ3n) is 2.77. The predicted molar refractivity (Wildman–Crippen MR) is 62.0 cm³/mol. The van der Waals surface area contributed by atoms with Gasteiger partial charge in [0.15, 0.2) is 5.13 Å². The lowest BCUT2D eigenvalue weighted by atomic mass is 10.2. The number of nitrogen functional groups attached to an aromatic ring is 1. The molecule has 0 aromatic carbocycles. The maximum Gasteiger partial charge on any atom is 0.323 e. The average Bonchev–Trinajstić information content (AvgIpc) is 2.87. The van der Waals surface area contributed by atoms with Crippen LogP contribution in [0.5, 0.6) is 0 Å². The van der Waals surface area contributed by atoms with Gasteiger partial charge in [-0.05, 0) is 19.4 Å². The summed E-state index contributed by atoms with van der Waals surface area (Å²) in [5, 5.41) is 0.573. The highest BCUT2D eigenvalue weighted by Crippen LogP contribution is 2.23. The zero-order valence-corrected chi connectivity index (χ0v) is 10.00. The second-order valence-electron chi connectivity index (χ2n) is 3.82. The first-order valence-corrected chi connectivity index (χ1v) is 6.04. The SMILES string of the molecule is COC(=O)C1CCCN1Cc1cnc(N)s1. The number of methoxy groups -OCH3 is 1. The fraction of sp³-hybridized carbons (Fsp3) is 0.600. The number of hydrogen-bond donors (Lipinski definition) is 1. The number of aromatic nitrogens is 1. The molecule has 5 nitrogen and oxygen atoms in total. The van der Waals surface area contributed by atoms with Crippen molar-refractivity contribution in [3.63, 3.8) is 0 Å². The highest BCUT2D eigenvalue weighted by Gasteiger charge is 2.31. The van der Waals surface area contributed by atoms with Crippen LogP contribution in [0, 0.1) is 0 Å². The molecule has 2 heterocycles. The fourth-order valence-electron chi connectivity index (χ4n) is 2.01. The minimum absolute atomic E-state index is 0.103. The number of carbonyl (C=O) groups is 1. The Hall–Kier alpha value is -1.14. The quantitative estimate of drug-likeness (QED) is 0.795. The van der Waals surface area contributed by atoms with E-state index in [4.69, 9.17) is 10.5 Å². The molecule has 0 saturated carbocycles. The van der Waals surface area contributed by atoms with Crippen LogP contribution in [0.3, 0.4) is 0 Å². The number of anilines is 1. The Balaban J connectivity index is 2.01. The first-order chi connectivity index (χ1) is 7.70. The van der Waals surface area contributed by atoms with Gasteiger partial charge in [-0.1, -0.05) is 0 Å². The molecule has 1 fully saturated rings. The maximum absolute atomic E-state index is 11.5. The summed E-state index contributed by atoms with van der Waals surface area (Å²) in [5.74, 6) is -0.144. The molecular formula is C10H15N3O2S. The molecule has 88 valence electrons. The smallest absolute Gasteiger partial charge is 0.323 e. The first-order valence-electron chi connectivity index (χ1n) is 5.23. The molecule has 1 aliphatic heterocycles. The molecule has 2 N–H and O–H groups in total. The molecule has 1 aromatic rings. The van der Waals surface area contributed by atoms with Gasteiger partial charge in [0.1, 0.15) is 6.04 Å². The Morgan fingerprint density at radius 1 is 1.81 bits per heavy atom. The number of nitrogens with two attached hydrogens (primary N) is 1. The molecule has 0 radical (unpaired) electrons. The van der Waals surface area contributed by atoms with Crippen molar-refractivity contribution in [3.8, 4) is 0 Å². The summed E-state index contributed by atoms with van der Waals surface area (Å²) in [6, 6.07) is -0.103. The van der Waals surface area contributed by atoms with Gasteiger partial charge >= 0.3 is 5.97 Å². The van der Waals surface area contributed by atoms with Gasteiger partial charge in [-0.25, -0.2) is 4.98 Å². The van der Waals surface area contributed by atoms with Crippen LogP contribution in [-0.4, -0.2) is 35.5 Å². The van der Waals surface area contributed by atoms with Gasteiger partial charge in [-0.2, -0.15) is 0 Å². The van der Waals surface area contributed by atoms with E-state index in [0.717, 1.165) is 30.8 Å². The van der Waals surface area contributed by atoms with Crippen molar-refractivity contribution in [2.45, 2.75) is 25.4 Å². The summed E-state index contributed by atoms with van der Waals surface area (Å²) in [6.07, 6.45) is 3.68. The third-order valence-corrected chi connectivity index (χ3v) is 3.58. The molecule has 1 atom stereocenters. The van der Waals surface area contributed by atoms with Gasteiger partial charge < -0.3 is 10.5 Å². The molecule has 0 bridgehead atoms. The number of rotatable bonds is 3. The largest absolute Gasteiger partial charge is 0.468 e. The molecule has 0 spiro atoms. The van der Waals surface area contributed by atoms with Crippen LogP contribution in [0.15, 0.2) is 6.20 Å². The molecule has 2 rings (SSSR count). The van der Waals surface area contributed by atoms with Crippen molar-refractivity contribution in [2.24, 2.45) is 0 Å². The summed E-state index contributed by atoms with van der Waals surface area (Å²) in [4.78, 5) is 18.7. The summed E-state index contributed by atoms with van der Waals surface area (Å²) in [5.41, 5.74) is 5.57. The van der Waals surface area contributed by atoms with Crippen molar-refractivity contribution in [1.82, 2.24) is 9.88 Å². The number of nitrogens with zero attached hydrogens (tertiary/aromatic N) is 2. The molecule has 0 aliphatic carbocycles. The van der Waals surface area contributed by atoms with E-state index in [9.17, 15) is 4.79 Å². The van der Waals surface area contributed by atoms with Gasteiger partial charge in [0.05, 0.1) is 7.11 Å². The second kappa shape index (κ2) is 4.80. The molecule has 0 amide bonds. The number of hydrogen-bond acceptors (Lipinski definition) is 6. The van der Waals surface area contributed by atoms with Crippen molar-refractivity contribution in [1.29, 1.82) is 0 Å². The van der Waals surface area contributed by atoms with E-state index >= 15 is 0 Å². The number of ether oxygens (including phenoxy) is 1. The highest BCUT2D eigenvalue weighted by molar-refractivity contribution is 7.15. The second-order valence-corrected chi connectivity index (χ2v) is 4.96. The Kier molecular flexibility index (Phi) is 3.40. The molecule has 1 saturated heterocycles. The minimum atomic E-state index is -0.144. The van der Waals surface area contributed by atoms with E-state index in [-0.39, 0.29) is 12.0 Å². The minimum Gasteiger partial charge on any atom is -0.468 e. The van der Waals surface area contributed by atoms with Crippen LogP contribution in [0.1, 0.15) is 17.7 Å². The summed E-state index contributed by atoms with van der Waals surface area (Å²) in [6.45, 7) is 1.66. The number of thiazole rings is 1. The lowest BCUT2D eigenvalue weighted by Gasteiger charge is -2.21. The Morgan fingerprint density at radius 2 is 2.62 bits per heavy atom. The van der Waals surface area contributed by atoms with E-state index in [2.05, 4.69) is 9.88 Å². The van der Waals surface area contributed by atoms with Crippen molar-refractivity contribution >= 4 is 22.4 Å². The number of carbonyl (C=O) groups excluding carboxylic acids is 1. The van der Waals surface area contributed by atoms with Crippen LogP contribution in [0.4, 0.5) is 5.13 Å². The molecule has 1 unspecified atom stereocenters. The zero-order valence-electron chi connectivity index (χ0n) is 9.18. The fourth-order valence-corrected chi connectivity index (χ4v) is 2.72. The molecule has 1 aliphatic rings. The normalized spacial score (nSPS) is 21.2. The monoisotopic (exact) mass is 241 g/mol. The Morgan fingerprint density at radius 3 is 3.25 bits per heavy atom. The highest BCUT2D eigenvalue weighted by atomic mass is 32.1. The van der Waals surface area contributed by atoms with Crippen molar-refractivity contribution < 1.29 is 9.53 Å². The van der Waals surface area contributed by atoms with Gasteiger partial charge in [0.25, 0.3) is 0 Å². The molecule has 16 heavy (non-hydrogen) atoms. The van der Waals surface area contributed by atoms with E-state index in [1.54, 1.807) is 6.20 Å². The van der Waals surface area contributed by atoms with Crippen LogP contribution in [0.25, 0.3) is 0 Å². The van der Waals surface area contributed by atoms with Gasteiger partial charge in [0.2, 0.25) is 0 Å². The Labute approximate surface area is 98.2 Å². The van der Waals surface area contributed by atoms with Crippen LogP contribution in [0.2, 0.25) is 0 Å². The average molecular weight is 241 g/mol. The zero-order chi connectivity index (χ0) is 11.5. The third kappa shape index (κ3) is 2.33. The molecular weight excluding hydrogens is 226 g/mol. The van der Waals surface area contributed by atoms with Gasteiger partial charge in [-0.3, -0.25) is 9.69 Å². The lowest BCUT2D eigenvalue weighted by Crippen LogP contribution is -2.36. The van der Waals surface area contributed by atoms with Gasteiger partial charge in [-0.15, -0.1) is 11.3 Å². The lowest BCUT2D eigenvalue weighted by molar-refractivity contribution is -0.146. The Bertz CT molecular complexity index is 380. The molecule has 6 heteroatoms. The summed E-state index contributed by atoms with van der Waals surface area (Å²) in [7, 11) is 1.43. The number of likely N-dealkylation sites (tertiary alicyclic amines) is 1. The van der Waals surface area contributed by atoms with Crippen LogP contribution < -0.4 is 5.73 Å². The van der Waals surface area contributed by atoms with Crippen LogP contribution in [-0.2, 0) is 16.1 Å². The van der Waals surface area contributed by atoms with E-state index in [1.807, 2.05) is 0 Å². The topological polar surface area (TPSA) is 68.5 Å². The number of esters is 1. The predicted octanol–water partition coefficient (Wildman–Crippen LogP) is 0.863. The summed E-state index contributed by atoms with van der Waals surface area (Å²) >= 11 is 1.47. The van der Waals surface area contributed by atoms with E-state index in [0.29, 0.717) is 5.13 Å². The van der Waals surface area contributed by atoms with Crippen molar-refractivity contribution in [2.75, 3.05) is 19.4 Å². The standard InChI is InChI=1S/C10H15N3O2S/c1-15-9(14)8-3-2-4-13(8)6-7-5-12-10(11)16-7/h5,8H,2-4,6H2,1H3,(H2,11,12). The summed E-state index contributed by atoms with van der Waals surface area (Å²) < 4.78 is 4.79.